The lowest BCUT2D eigenvalue weighted by Gasteiger charge is -1.97. The fraction of sp³-hybridized carbons (Fsp3) is 0.750. The van der Waals surface area contributed by atoms with E-state index in [1.54, 1.807) is 6.08 Å². The second-order valence-electron chi connectivity index (χ2n) is 3.48. The largest absolute Gasteiger partial charge is 0.370 e. The summed E-state index contributed by atoms with van der Waals surface area (Å²) in [6, 6.07) is 0. The van der Waals surface area contributed by atoms with Gasteiger partial charge in [-0.2, -0.15) is 0 Å². The molecule has 0 heterocycles. The van der Waals surface area contributed by atoms with Crippen LogP contribution in [-0.4, -0.2) is 12.5 Å². The molecule has 0 aromatic rings. The van der Waals surface area contributed by atoms with Gasteiger partial charge in [0.05, 0.1) is 0 Å². The van der Waals surface area contributed by atoms with Gasteiger partial charge in [0.1, 0.15) is 0 Å². The van der Waals surface area contributed by atoms with Crippen molar-refractivity contribution >= 4 is 5.96 Å². The van der Waals surface area contributed by atoms with Crippen LogP contribution in [0.3, 0.4) is 0 Å². The minimum atomic E-state index is 0.212. The van der Waals surface area contributed by atoms with Crippen LogP contribution in [-0.2, 0) is 0 Å². The predicted molar refractivity (Wildman–Crippen MR) is 69.9 cm³/mol. The number of guanidine groups is 1. The Morgan fingerprint density at radius 3 is 2.07 bits per heavy atom. The molecule has 0 bridgehead atoms. The summed E-state index contributed by atoms with van der Waals surface area (Å²) < 4.78 is 0. The summed E-state index contributed by atoms with van der Waals surface area (Å²) >= 11 is 0. The van der Waals surface area contributed by atoms with Crippen molar-refractivity contribution in [3.8, 4) is 0 Å². The van der Waals surface area contributed by atoms with Crippen LogP contribution in [0, 0.1) is 0 Å². The van der Waals surface area contributed by atoms with Gasteiger partial charge in [0, 0.05) is 6.54 Å². The number of nitrogens with zero attached hydrogens (tertiary/aromatic N) is 1. The van der Waals surface area contributed by atoms with Crippen molar-refractivity contribution in [1.29, 1.82) is 0 Å². The first kappa shape index (κ1) is 16.4. The van der Waals surface area contributed by atoms with Gasteiger partial charge in [-0.15, -0.1) is 6.58 Å². The monoisotopic (exact) mass is 213 g/mol. The molecule has 0 radical (unpaired) electrons. The van der Waals surface area contributed by atoms with Crippen molar-refractivity contribution in [2.45, 2.75) is 52.4 Å². The molecule has 0 spiro atoms. The fourth-order valence-corrected chi connectivity index (χ4v) is 1.10. The van der Waals surface area contributed by atoms with E-state index >= 15 is 0 Å². The van der Waals surface area contributed by atoms with E-state index in [-0.39, 0.29) is 5.96 Å². The highest BCUT2D eigenvalue weighted by atomic mass is 15.0. The molecular formula is C12H27N3. The zero-order chi connectivity index (χ0) is 11.9. The number of unbranched alkanes of at least 4 members (excludes halogenated alkanes) is 5. The van der Waals surface area contributed by atoms with E-state index in [0.29, 0.717) is 0 Å². The Bertz CT molecular complexity index is 149. The normalized spacial score (nSPS) is 8.67. The van der Waals surface area contributed by atoms with Crippen molar-refractivity contribution in [2.75, 3.05) is 6.54 Å². The first-order valence-corrected chi connectivity index (χ1v) is 5.81. The number of rotatable bonds is 7. The Balaban J connectivity index is 0. The Hall–Kier alpha value is -0.990. The molecule has 0 rings (SSSR count). The fourth-order valence-electron chi connectivity index (χ4n) is 1.10. The molecule has 0 aromatic carbocycles. The molecular weight excluding hydrogens is 186 g/mol. The van der Waals surface area contributed by atoms with Crippen LogP contribution in [0.15, 0.2) is 17.6 Å². The van der Waals surface area contributed by atoms with Crippen LogP contribution in [0.5, 0.6) is 0 Å². The summed E-state index contributed by atoms with van der Waals surface area (Å²) in [5.41, 5.74) is 10.4. The van der Waals surface area contributed by atoms with Gasteiger partial charge < -0.3 is 11.5 Å². The molecule has 3 nitrogen and oxygen atoms in total. The lowest BCUT2D eigenvalue weighted by Crippen LogP contribution is -2.22. The molecule has 3 heteroatoms. The Morgan fingerprint density at radius 2 is 1.60 bits per heavy atom. The van der Waals surface area contributed by atoms with Crippen molar-refractivity contribution < 1.29 is 0 Å². The summed E-state index contributed by atoms with van der Waals surface area (Å²) in [6.07, 6.45) is 9.42. The maximum Gasteiger partial charge on any atom is 0.185 e. The molecule has 4 N–H and O–H groups in total. The number of hydrogen-bond donors (Lipinski definition) is 2. The van der Waals surface area contributed by atoms with Gasteiger partial charge in [-0.3, -0.25) is 4.99 Å². The van der Waals surface area contributed by atoms with E-state index in [0.717, 1.165) is 13.0 Å². The molecule has 90 valence electrons. The summed E-state index contributed by atoms with van der Waals surface area (Å²) in [4.78, 5) is 3.91. The predicted octanol–water partition coefficient (Wildman–Crippen LogP) is 2.81. The van der Waals surface area contributed by atoms with Gasteiger partial charge in [-0.05, 0) is 13.3 Å². The molecule has 0 saturated carbocycles. The zero-order valence-electron chi connectivity index (χ0n) is 10.3. The van der Waals surface area contributed by atoms with Crippen LogP contribution in [0.4, 0.5) is 0 Å². The highest BCUT2D eigenvalue weighted by Gasteiger charge is 1.88. The van der Waals surface area contributed by atoms with Gasteiger partial charge in [0.25, 0.3) is 0 Å². The summed E-state index contributed by atoms with van der Waals surface area (Å²) in [6.45, 7) is 8.26. The quantitative estimate of drug-likeness (QED) is 0.295. The Labute approximate surface area is 94.6 Å². The van der Waals surface area contributed by atoms with Gasteiger partial charge in [0.15, 0.2) is 5.96 Å². The van der Waals surface area contributed by atoms with Crippen LogP contribution < -0.4 is 11.5 Å². The first-order valence-electron chi connectivity index (χ1n) is 5.81. The molecule has 0 aromatic heterocycles. The minimum absolute atomic E-state index is 0.212. The number of aliphatic imine (C=N–C) groups is 1. The molecule has 0 aliphatic heterocycles. The van der Waals surface area contributed by atoms with Gasteiger partial charge in [-0.25, -0.2) is 0 Å². The van der Waals surface area contributed by atoms with E-state index in [9.17, 15) is 0 Å². The molecule has 15 heavy (non-hydrogen) atoms. The molecule has 0 saturated heterocycles. The topological polar surface area (TPSA) is 64.4 Å². The summed E-state index contributed by atoms with van der Waals surface area (Å²) in [5, 5.41) is 0. The maximum absolute atomic E-state index is 5.18. The molecule has 0 atom stereocenters. The minimum Gasteiger partial charge on any atom is -0.370 e. The van der Waals surface area contributed by atoms with Crippen LogP contribution in [0.1, 0.15) is 52.4 Å². The van der Waals surface area contributed by atoms with E-state index < -0.39 is 0 Å². The molecule has 0 aliphatic carbocycles. The van der Waals surface area contributed by atoms with Crippen LogP contribution >= 0.6 is 0 Å². The molecule has 0 fully saturated rings. The Kier molecular flexibility index (Phi) is 17.0. The van der Waals surface area contributed by atoms with Gasteiger partial charge >= 0.3 is 0 Å². The highest BCUT2D eigenvalue weighted by molar-refractivity contribution is 5.75. The van der Waals surface area contributed by atoms with Crippen LogP contribution in [0.2, 0.25) is 0 Å². The lowest BCUT2D eigenvalue weighted by molar-refractivity contribution is 0.612. The Morgan fingerprint density at radius 1 is 1.13 bits per heavy atom. The van der Waals surface area contributed by atoms with Gasteiger partial charge in [0.2, 0.25) is 0 Å². The third-order valence-electron chi connectivity index (χ3n) is 1.81. The zero-order valence-corrected chi connectivity index (χ0v) is 10.3. The molecule has 0 amide bonds. The smallest absolute Gasteiger partial charge is 0.185 e. The second-order valence-corrected chi connectivity index (χ2v) is 3.48. The van der Waals surface area contributed by atoms with E-state index in [1.165, 1.54) is 32.1 Å². The third-order valence-corrected chi connectivity index (χ3v) is 1.81. The number of nitrogens with two attached hydrogens (primary N) is 2. The van der Waals surface area contributed by atoms with Crippen molar-refractivity contribution in [2.24, 2.45) is 16.5 Å². The SMILES string of the molecule is C=CC.CCCCCCCCN=C(N)N. The van der Waals surface area contributed by atoms with Crippen molar-refractivity contribution in [3.63, 3.8) is 0 Å². The third kappa shape index (κ3) is 24.6. The lowest BCUT2D eigenvalue weighted by atomic mass is 10.1. The summed E-state index contributed by atoms with van der Waals surface area (Å²) in [7, 11) is 0. The number of allylic oxidation sites excluding steroid dienone is 1. The average molecular weight is 213 g/mol. The van der Waals surface area contributed by atoms with E-state index in [4.69, 9.17) is 11.5 Å². The van der Waals surface area contributed by atoms with Crippen molar-refractivity contribution in [1.82, 2.24) is 0 Å². The molecule has 0 unspecified atom stereocenters. The standard InChI is InChI=1S/C9H21N3.C3H6/c1-2-3-4-5-6-7-8-12-9(10)11;1-3-2/h2-8H2,1H3,(H4,10,11,12);3H,1H2,2H3. The average Bonchev–Trinajstić information content (AvgIpc) is 2.17. The second kappa shape index (κ2) is 15.5. The maximum atomic E-state index is 5.18. The van der Waals surface area contributed by atoms with Crippen molar-refractivity contribution in [3.05, 3.63) is 12.7 Å². The summed E-state index contributed by atoms with van der Waals surface area (Å²) in [5.74, 6) is 0.212. The highest BCUT2D eigenvalue weighted by Crippen LogP contribution is 2.04. The number of hydrogen-bond acceptors (Lipinski definition) is 1. The van der Waals surface area contributed by atoms with Gasteiger partial charge in [-0.1, -0.05) is 45.1 Å². The van der Waals surface area contributed by atoms with E-state index in [1.807, 2.05) is 6.92 Å². The first-order chi connectivity index (χ1) is 7.18. The van der Waals surface area contributed by atoms with E-state index in [2.05, 4.69) is 18.5 Å². The molecule has 0 aliphatic rings. The van der Waals surface area contributed by atoms with Crippen LogP contribution in [0.25, 0.3) is 0 Å².